The fraction of sp³-hybridized carbons (Fsp3) is 0.900. The Kier molecular flexibility index (Phi) is 5.19. The molecule has 1 fully saturated rings. The van der Waals surface area contributed by atoms with Gasteiger partial charge in [-0.05, 0) is 31.5 Å². The predicted octanol–water partition coefficient (Wildman–Crippen LogP) is 1.38. The van der Waals surface area contributed by atoms with E-state index >= 15 is 0 Å². The molecule has 1 N–H and O–H groups in total. The molecule has 4 heteroatoms. The maximum absolute atomic E-state index is 5.33. The zero-order valence-electron chi connectivity index (χ0n) is 9.08. The lowest BCUT2D eigenvalue weighted by Crippen LogP contribution is -2.43. The molecule has 0 heterocycles. The first-order valence-corrected chi connectivity index (χ1v) is 5.73. The van der Waals surface area contributed by atoms with E-state index in [1.807, 2.05) is 0 Å². The van der Waals surface area contributed by atoms with Crippen LogP contribution in [-0.2, 0) is 4.74 Å². The standard InChI is InChI=1S/C10H20N2OS/c1-3-6-11-10(14)12(7-8-13-2)9-4-5-9/h9H,3-8H2,1-2H3,(H,11,14). The van der Waals surface area contributed by atoms with Gasteiger partial charge < -0.3 is 15.0 Å². The Morgan fingerprint density at radius 1 is 1.57 bits per heavy atom. The van der Waals surface area contributed by atoms with Crippen LogP contribution in [0.4, 0.5) is 0 Å². The smallest absolute Gasteiger partial charge is 0.169 e. The van der Waals surface area contributed by atoms with Crippen molar-refractivity contribution in [2.24, 2.45) is 0 Å². The molecule has 0 aromatic carbocycles. The average molecular weight is 216 g/mol. The molecule has 0 aliphatic heterocycles. The third-order valence-electron chi connectivity index (χ3n) is 2.31. The van der Waals surface area contributed by atoms with Crippen LogP contribution < -0.4 is 5.32 Å². The second-order valence-electron chi connectivity index (χ2n) is 3.65. The van der Waals surface area contributed by atoms with Crippen LogP contribution in [-0.4, -0.2) is 42.9 Å². The van der Waals surface area contributed by atoms with E-state index in [-0.39, 0.29) is 0 Å². The lowest BCUT2D eigenvalue weighted by molar-refractivity contribution is 0.173. The molecule has 3 nitrogen and oxygen atoms in total. The summed E-state index contributed by atoms with van der Waals surface area (Å²) in [6.07, 6.45) is 3.66. The van der Waals surface area contributed by atoms with Gasteiger partial charge in [0, 0.05) is 26.2 Å². The summed E-state index contributed by atoms with van der Waals surface area (Å²) >= 11 is 5.33. The minimum absolute atomic E-state index is 0.669. The first kappa shape index (κ1) is 11.7. The third-order valence-corrected chi connectivity index (χ3v) is 2.69. The van der Waals surface area contributed by atoms with Gasteiger partial charge in [-0.25, -0.2) is 0 Å². The predicted molar refractivity (Wildman–Crippen MR) is 62.5 cm³/mol. The molecule has 0 saturated heterocycles. The monoisotopic (exact) mass is 216 g/mol. The van der Waals surface area contributed by atoms with Gasteiger partial charge >= 0.3 is 0 Å². The second-order valence-corrected chi connectivity index (χ2v) is 4.04. The van der Waals surface area contributed by atoms with Crippen molar-refractivity contribution in [3.63, 3.8) is 0 Å². The van der Waals surface area contributed by atoms with E-state index in [0.717, 1.165) is 31.2 Å². The number of nitrogens with one attached hydrogen (secondary N) is 1. The Hall–Kier alpha value is -0.350. The molecule has 0 spiro atoms. The summed E-state index contributed by atoms with van der Waals surface area (Å²) in [7, 11) is 1.73. The number of nitrogens with zero attached hydrogens (tertiary/aromatic N) is 1. The van der Waals surface area contributed by atoms with Crippen LogP contribution in [0.2, 0.25) is 0 Å². The summed E-state index contributed by atoms with van der Waals surface area (Å²) in [6.45, 7) is 4.78. The second kappa shape index (κ2) is 6.19. The van der Waals surface area contributed by atoms with Crippen LogP contribution in [0.15, 0.2) is 0 Å². The fourth-order valence-electron chi connectivity index (χ4n) is 1.36. The summed E-state index contributed by atoms with van der Waals surface area (Å²) in [5.74, 6) is 0. The molecule has 1 aliphatic rings. The molecule has 1 rings (SSSR count). The van der Waals surface area contributed by atoms with Crippen LogP contribution in [0.5, 0.6) is 0 Å². The van der Waals surface area contributed by atoms with Crippen molar-refractivity contribution in [3.05, 3.63) is 0 Å². The quantitative estimate of drug-likeness (QED) is 0.678. The summed E-state index contributed by atoms with van der Waals surface area (Å²) < 4.78 is 5.08. The van der Waals surface area contributed by atoms with Gasteiger partial charge in [0.15, 0.2) is 5.11 Å². The number of methoxy groups -OCH3 is 1. The molecule has 0 bridgehead atoms. The van der Waals surface area contributed by atoms with Crippen molar-refractivity contribution in [1.82, 2.24) is 10.2 Å². The molecule has 1 aliphatic carbocycles. The number of ether oxygens (including phenoxy) is 1. The Bertz CT molecular complexity index is 183. The van der Waals surface area contributed by atoms with E-state index in [4.69, 9.17) is 17.0 Å². The summed E-state index contributed by atoms with van der Waals surface area (Å²) in [4.78, 5) is 2.26. The Balaban J connectivity index is 2.28. The van der Waals surface area contributed by atoms with E-state index in [9.17, 15) is 0 Å². The normalized spacial score (nSPS) is 15.3. The fourth-order valence-corrected chi connectivity index (χ4v) is 1.70. The number of hydrogen-bond donors (Lipinski definition) is 1. The van der Waals surface area contributed by atoms with Gasteiger partial charge in [-0.3, -0.25) is 0 Å². The number of thiocarbonyl (C=S) groups is 1. The van der Waals surface area contributed by atoms with E-state index in [0.29, 0.717) is 6.04 Å². The van der Waals surface area contributed by atoms with Crippen LogP contribution >= 0.6 is 12.2 Å². The molecule has 0 atom stereocenters. The molecule has 14 heavy (non-hydrogen) atoms. The minimum Gasteiger partial charge on any atom is -0.383 e. The molecule has 0 radical (unpaired) electrons. The Morgan fingerprint density at radius 3 is 2.79 bits per heavy atom. The van der Waals surface area contributed by atoms with Gasteiger partial charge in [0.05, 0.1) is 6.61 Å². The van der Waals surface area contributed by atoms with Crippen LogP contribution in [0.25, 0.3) is 0 Å². The molecule has 82 valence electrons. The lowest BCUT2D eigenvalue weighted by Gasteiger charge is -2.25. The van der Waals surface area contributed by atoms with Crippen molar-refractivity contribution in [3.8, 4) is 0 Å². The van der Waals surface area contributed by atoms with Crippen molar-refractivity contribution < 1.29 is 4.74 Å². The topological polar surface area (TPSA) is 24.5 Å². The molecular weight excluding hydrogens is 196 g/mol. The highest BCUT2D eigenvalue weighted by Gasteiger charge is 2.30. The number of rotatable bonds is 6. The van der Waals surface area contributed by atoms with E-state index in [1.165, 1.54) is 12.8 Å². The first-order valence-electron chi connectivity index (χ1n) is 5.33. The minimum atomic E-state index is 0.669. The SMILES string of the molecule is CCCNC(=S)N(CCOC)C1CC1. The van der Waals surface area contributed by atoms with Crippen LogP contribution in [0.3, 0.4) is 0 Å². The molecular formula is C10H20N2OS. The van der Waals surface area contributed by atoms with Crippen LogP contribution in [0.1, 0.15) is 26.2 Å². The van der Waals surface area contributed by atoms with E-state index in [1.54, 1.807) is 7.11 Å². The van der Waals surface area contributed by atoms with Gasteiger partial charge in [-0.2, -0.15) is 0 Å². The summed E-state index contributed by atoms with van der Waals surface area (Å²) in [5.41, 5.74) is 0. The molecule has 1 saturated carbocycles. The average Bonchev–Trinajstić information content (AvgIpc) is 2.99. The number of hydrogen-bond acceptors (Lipinski definition) is 2. The highest BCUT2D eigenvalue weighted by molar-refractivity contribution is 7.80. The van der Waals surface area contributed by atoms with Gasteiger partial charge in [0.1, 0.15) is 0 Å². The summed E-state index contributed by atoms with van der Waals surface area (Å²) in [5, 5.41) is 4.16. The Labute approximate surface area is 91.8 Å². The highest BCUT2D eigenvalue weighted by atomic mass is 32.1. The van der Waals surface area contributed by atoms with Crippen molar-refractivity contribution in [2.75, 3.05) is 26.8 Å². The van der Waals surface area contributed by atoms with Crippen molar-refractivity contribution in [1.29, 1.82) is 0 Å². The Morgan fingerprint density at radius 2 is 2.29 bits per heavy atom. The maximum atomic E-state index is 5.33. The third kappa shape index (κ3) is 3.80. The van der Waals surface area contributed by atoms with Gasteiger partial charge in [-0.15, -0.1) is 0 Å². The first-order chi connectivity index (χ1) is 6.79. The van der Waals surface area contributed by atoms with Crippen LogP contribution in [0, 0.1) is 0 Å². The van der Waals surface area contributed by atoms with Gasteiger partial charge in [-0.1, -0.05) is 6.92 Å². The largest absolute Gasteiger partial charge is 0.383 e. The molecule has 0 amide bonds. The highest BCUT2D eigenvalue weighted by Crippen LogP contribution is 2.26. The lowest BCUT2D eigenvalue weighted by atomic mass is 10.4. The zero-order chi connectivity index (χ0) is 10.4. The molecule has 0 unspecified atom stereocenters. The van der Waals surface area contributed by atoms with Gasteiger partial charge in [0.25, 0.3) is 0 Å². The van der Waals surface area contributed by atoms with E-state index in [2.05, 4.69) is 17.1 Å². The van der Waals surface area contributed by atoms with Crippen molar-refractivity contribution >= 4 is 17.3 Å². The summed E-state index contributed by atoms with van der Waals surface area (Å²) in [6, 6.07) is 0.669. The molecule has 0 aromatic rings. The molecule has 0 aromatic heterocycles. The zero-order valence-corrected chi connectivity index (χ0v) is 9.90. The van der Waals surface area contributed by atoms with E-state index < -0.39 is 0 Å². The van der Waals surface area contributed by atoms with Gasteiger partial charge in [0.2, 0.25) is 0 Å². The maximum Gasteiger partial charge on any atom is 0.169 e. The van der Waals surface area contributed by atoms with Crippen molar-refractivity contribution in [2.45, 2.75) is 32.2 Å².